The maximum atomic E-state index is 8.56. The third-order valence-corrected chi connectivity index (χ3v) is 5.69. The van der Waals surface area contributed by atoms with E-state index in [-0.39, 0.29) is 32.3 Å². The molecule has 5 aromatic rings. The van der Waals surface area contributed by atoms with Crippen LogP contribution in [0.5, 0.6) is 11.5 Å². The van der Waals surface area contributed by atoms with E-state index in [1.807, 2.05) is 60.8 Å². The van der Waals surface area contributed by atoms with E-state index in [2.05, 4.69) is 12.1 Å². The van der Waals surface area contributed by atoms with Crippen molar-refractivity contribution in [2.75, 3.05) is 14.2 Å². The van der Waals surface area contributed by atoms with Crippen molar-refractivity contribution >= 4 is 32.6 Å². The molecule has 6 nitrogen and oxygen atoms in total. The van der Waals surface area contributed by atoms with Crippen LogP contribution < -0.4 is 9.47 Å². The molecule has 0 aliphatic rings. The van der Waals surface area contributed by atoms with Crippen LogP contribution in [-0.2, 0) is 20.1 Å². The first-order valence-electron chi connectivity index (χ1n) is 11.5. The summed E-state index contributed by atoms with van der Waals surface area (Å²) in [5, 5.41) is 21.2. The predicted octanol–water partition coefficient (Wildman–Crippen LogP) is 5.56. The quantitative estimate of drug-likeness (QED) is 0.190. The van der Waals surface area contributed by atoms with Gasteiger partial charge in [-0.15, -0.1) is 29.7 Å². The Morgan fingerprint density at radius 3 is 2.06 bits per heavy atom. The van der Waals surface area contributed by atoms with E-state index in [9.17, 15) is 0 Å². The number of benzene rings is 4. The van der Waals surface area contributed by atoms with Crippen molar-refractivity contribution in [1.29, 1.82) is 0 Å². The van der Waals surface area contributed by atoms with Crippen LogP contribution in [0.15, 0.2) is 66.9 Å². The molecule has 2 unspecified atom stereocenters. The van der Waals surface area contributed by atoms with E-state index >= 15 is 0 Å². The minimum absolute atomic E-state index is 0. The molecular weight excluding hydrogens is 633 g/mol. The molecule has 0 saturated heterocycles. The van der Waals surface area contributed by atoms with Crippen LogP contribution >= 0.6 is 0 Å². The molecule has 7 heteroatoms. The maximum Gasteiger partial charge on any atom is 0.161 e. The molecule has 0 aliphatic carbocycles. The van der Waals surface area contributed by atoms with E-state index in [1.165, 1.54) is 0 Å². The van der Waals surface area contributed by atoms with Gasteiger partial charge in [0.25, 0.3) is 0 Å². The largest absolute Gasteiger partial charge is 0.493 e. The number of methoxy groups -OCH3 is 2. The van der Waals surface area contributed by atoms with Gasteiger partial charge in [0.15, 0.2) is 11.5 Å². The van der Waals surface area contributed by atoms with E-state index in [0.717, 1.165) is 43.8 Å². The fraction of sp³-hybridized carbons (Fsp3) is 0.241. The van der Waals surface area contributed by atoms with E-state index in [0.29, 0.717) is 17.9 Å². The van der Waals surface area contributed by atoms with Gasteiger partial charge in [-0.05, 0) is 43.2 Å². The zero-order valence-corrected chi connectivity index (χ0v) is 23.0. The van der Waals surface area contributed by atoms with Crippen LogP contribution in [0.1, 0.15) is 20.3 Å². The average Bonchev–Trinajstić information content (AvgIpc) is 2.87. The first-order valence-corrected chi connectivity index (χ1v) is 11.5. The first-order chi connectivity index (χ1) is 16.9. The number of hydrogen-bond acceptors (Lipinski definition) is 6. The summed E-state index contributed by atoms with van der Waals surface area (Å²) in [5.41, 5.74) is 3.52. The van der Waals surface area contributed by atoms with Gasteiger partial charge in [0, 0.05) is 37.4 Å². The van der Waals surface area contributed by atoms with Crippen molar-refractivity contribution in [3.63, 3.8) is 0 Å². The van der Waals surface area contributed by atoms with Gasteiger partial charge in [-0.2, -0.15) is 0 Å². The second-order valence-corrected chi connectivity index (χ2v) is 8.46. The molecule has 1 aromatic heterocycles. The Labute approximate surface area is 224 Å². The van der Waals surface area contributed by atoms with E-state index in [1.54, 1.807) is 28.1 Å². The Balaban J connectivity index is 0.000000400. The van der Waals surface area contributed by atoms with Crippen LogP contribution in [0.3, 0.4) is 0 Å². The van der Waals surface area contributed by atoms with Gasteiger partial charge in [-0.1, -0.05) is 35.7 Å². The summed E-state index contributed by atoms with van der Waals surface area (Å²) in [7, 11) is 3.29. The zero-order chi connectivity index (χ0) is 24.9. The SMILES string of the molecule is CC(O)CC(C)O.COc1cc2c3ccc[c-]c3c3ncc(-c4ccccc4)nc3c2cc1OC.[Ir]. The van der Waals surface area contributed by atoms with Crippen molar-refractivity contribution < 1.29 is 39.8 Å². The molecule has 5 rings (SSSR count). The van der Waals surface area contributed by atoms with Gasteiger partial charge in [0.05, 0.1) is 37.6 Å². The number of aliphatic hydroxyl groups is 2. The number of hydrogen-bond donors (Lipinski definition) is 2. The van der Waals surface area contributed by atoms with Gasteiger partial charge >= 0.3 is 0 Å². The van der Waals surface area contributed by atoms with Crippen LogP contribution in [0.4, 0.5) is 0 Å². The molecule has 0 saturated carbocycles. The van der Waals surface area contributed by atoms with Crippen molar-refractivity contribution in [2.24, 2.45) is 0 Å². The molecule has 0 aliphatic heterocycles. The third kappa shape index (κ3) is 5.82. The fourth-order valence-corrected chi connectivity index (χ4v) is 4.16. The summed E-state index contributed by atoms with van der Waals surface area (Å²) < 4.78 is 11.1. The van der Waals surface area contributed by atoms with Crippen LogP contribution in [0, 0.1) is 6.07 Å². The molecule has 0 fully saturated rings. The Hall–Kier alpha value is -3.09. The maximum absolute atomic E-state index is 8.56. The number of aliphatic hydroxyl groups excluding tert-OH is 2. The Kier molecular flexibility index (Phi) is 9.35. The molecule has 0 bridgehead atoms. The zero-order valence-electron chi connectivity index (χ0n) is 20.7. The number of rotatable bonds is 5. The summed E-state index contributed by atoms with van der Waals surface area (Å²) in [5.74, 6) is 1.36. The van der Waals surface area contributed by atoms with Gasteiger partial charge < -0.3 is 24.7 Å². The molecule has 1 heterocycles. The number of aromatic nitrogens is 2. The summed E-state index contributed by atoms with van der Waals surface area (Å²) in [6, 6.07) is 23.3. The van der Waals surface area contributed by atoms with Crippen molar-refractivity contribution in [2.45, 2.75) is 32.5 Å². The van der Waals surface area contributed by atoms with Gasteiger partial charge in [0.2, 0.25) is 0 Å². The third-order valence-electron chi connectivity index (χ3n) is 5.69. The Bertz CT molecular complexity index is 1450. The normalized spacial score (nSPS) is 12.4. The fourth-order valence-electron chi connectivity index (χ4n) is 4.16. The second kappa shape index (κ2) is 12.2. The molecule has 189 valence electrons. The molecule has 0 spiro atoms. The number of ether oxygens (including phenoxy) is 2. The summed E-state index contributed by atoms with van der Waals surface area (Å²) in [6.45, 7) is 3.32. The monoisotopic (exact) mass is 662 g/mol. The van der Waals surface area contributed by atoms with E-state index < -0.39 is 0 Å². The molecule has 2 atom stereocenters. The standard InChI is InChI=1S/C24H17N2O2.C5H12O2.Ir/c1-27-21-12-18-16-10-6-7-11-17(16)23-24(19(18)13-22(21)28-2)26-20(14-25-23)15-8-4-3-5-9-15;1-4(6)3-5(2)7;/h3-10,12-14H,1-2H3;4-7H,3H2,1-2H3;/q-1;;. The van der Waals surface area contributed by atoms with Gasteiger partial charge in [-0.25, -0.2) is 0 Å². The molecular formula is C29H29IrN2O4-. The Morgan fingerprint density at radius 1 is 0.833 bits per heavy atom. The molecule has 36 heavy (non-hydrogen) atoms. The van der Waals surface area contributed by atoms with E-state index in [4.69, 9.17) is 29.7 Å². The van der Waals surface area contributed by atoms with Crippen molar-refractivity contribution in [1.82, 2.24) is 9.97 Å². The summed E-state index contributed by atoms with van der Waals surface area (Å²) >= 11 is 0. The second-order valence-electron chi connectivity index (χ2n) is 8.46. The Morgan fingerprint density at radius 2 is 1.47 bits per heavy atom. The first kappa shape index (κ1) is 27.5. The average molecular weight is 662 g/mol. The van der Waals surface area contributed by atoms with Crippen LogP contribution in [0.25, 0.3) is 43.8 Å². The molecule has 4 aromatic carbocycles. The molecule has 2 N–H and O–H groups in total. The minimum atomic E-state index is -0.375. The topological polar surface area (TPSA) is 84.7 Å². The smallest absolute Gasteiger partial charge is 0.161 e. The molecule has 0 amide bonds. The van der Waals surface area contributed by atoms with Crippen LogP contribution in [-0.4, -0.2) is 46.6 Å². The minimum Gasteiger partial charge on any atom is -0.493 e. The predicted molar refractivity (Wildman–Crippen MR) is 140 cm³/mol. The van der Waals surface area contributed by atoms with Crippen LogP contribution in [0.2, 0.25) is 0 Å². The van der Waals surface area contributed by atoms with Gasteiger partial charge in [-0.3, -0.25) is 4.98 Å². The number of fused-ring (bicyclic) bond motifs is 6. The summed E-state index contributed by atoms with van der Waals surface area (Å²) in [6.07, 6.45) is 1.55. The van der Waals surface area contributed by atoms with Gasteiger partial charge in [0.1, 0.15) is 0 Å². The van der Waals surface area contributed by atoms with Crippen molar-refractivity contribution in [3.8, 4) is 22.8 Å². The summed E-state index contributed by atoms with van der Waals surface area (Å²) in [4.78, 5) is 9.74. The molecule has 1 radical (unpaired) electrons. The van der Waals surface area contributed by atoms with Crippen molar-refractivity contribution in [3.05, 3.63) is 72.9 Å². The number of nitrogens with zero attached hydrogens (tertiary/aromatic N) is 2.